The summed E-state index contributed by atoms with van der Waals surface area (Å²) in [6, 6.07) is 31.0. The van der Waals surface area contributed by atoms with E-state index in [0.717, 1.165) is 44.8 Å². The summed E-state index contributed by atoms with van der Waals surface area (Å²) < 4.78 is 2.25. The summed E-state index contributed by atoms with van der Waals surface area (Å²) >= 11 is 0. The predicted octanol–water partition coefficient (Wildman–Crippen LogP) is 9.21. The zero-order valence-electron chi connectivity index (χ0n) is 24.0. The molecule has 0 bridgehead atoms. The zero-order valence-corrected chi connectivity index (χ0v) is 24.0. The molecule has 4 heteroatoms. The van der Waals surface area contributed by atoms with Gasteiger partial charge in [-0.2, -0.15) is 0 Å². The molecule has 0 saturated carbocycles. The molecule has 0 aliphatic heterocycles. The van der Waals surface area contributed by atoms with E-state index in [0.29, 0.717) is 0 Å². The molecule has 1 N–H and O–H groups in total. The van der Waals surface area contributed by atoms with Gasteiger partial charge >= 0.3 is 0 Å². The van der Waals surface area contributed by atoms with Gasteiger partial charge in [-0.15, -0.1) is 0 Å². The molecule has 0 fully saturated rings. The maximum absolute atomic E-state index is 10.6. The number of hydrogen-bond donors (Lipinski definition) is 1. The fraction of sp³-hybridized carbons (Fsp3) is 0.222. The van der Waals surface area contributed by atoms with Gasteiger partial charge in [0, 0.05) is 22.5 Å². The molecule has 0 saturated heterocycles. The first-order chi connectivity index (χ1) is 19.0. The second-order valence-electron chi connectivity index (χ2n) is 12.6. The Morgan fingerprint density at radius 3 is 2.05 bits per heavy atom. The standard InChI is InChI=1S/C36H35N3O/c1-35(2,3)24-17-18-37-29(20-24)30-21-25(36(4,5)6)22-34(38-30)39-31-13-9-7-12-27(31)28-16-15-23(19-32(28)39)26-11-8-10-14-33(26)40/h7-22,40H,1-6H3. The quantitative estimate of drug-likeness (QED) is 0.250. The lowest BCUT2D eigenvalue weighted by atomic mass is 9.85. The van der Waals surface area contributed by atoms with E-state index in [-0.39, 0.29) is 16.6 Å². The van der Waals surface area contributed by atoms with Crippen LogP contribution in [0, 0.1) is 0 Å². The lowest BCUT2D eigenvalue weighted by Gasteiger charge is -2.22. The molecule has 200 valence electrons. The fourth-order valence-corrected chi connectivity index (χ4v) is 5.33. The van der Waals surface area contributed by atoms with E-state index in [4.69, 9.17) is 9.97 Å². The van der Waals surface area contributed by atoms with E-state index in [1.165, 1.54) is 16.5 Å². The van der Waals surface area contributed by atoms with Crippen LogP contribution in [0.1, 0.15) is 52.7 Å². The number of aromatic hydroxyl groups is 1. The Balaban J connectivity index is 1.66. The number of aromatic nitrogens is 3. The van der Waals surface area contributed by atoms with Crippen molar-refractivity contribution < 1.29 is 5.11 Å². The number of para-hydroxylation sites is 2. The minimum atomic E-state index is -0.0895. The molecule has 0 radical (unpaired) electrons. The number of hydrogen-bond acceptors (Lipinski definition) is 3. The monoisotopic (exact) mass is 525 g/mol. The number of benzene rings is 3. The van der Waals surface area contributed by atoms with Crippen molar-refractivity contribution in [2.75, 3.05) is 0 Å². The van der Waals surface area contributed by atoms with Crippen LogP contribution in [-0.4, -0.2) is 19.6 Å². The predicted molar refractivity (Wildman–Crippen MR) is 166 cm³/mol. The third kappa shape index (κ3) is 4.54. The van der Waals surface area contributed by atoms with Crippen LogP contribution in [0.5, 0.6) is 5.75 Å². The van der Waals surface area contributed by atoms with Crippen LogP contribution >= 0.6 is 0 Å². The molecule has 0 unspecified atom stereocenters. The number of fused-ring (bicyclic) bond motifs is 3. The minimum absolute atomic E-state index is 0.00832. The van der Waals surface area contributed by atoms with Gasteiger partial charge in [-0.1, -0.05) is 90.1 Å². The molecule has 0 amide bonds. The Morgan fingerprint density at radius 1 is 0.625 bits per heavy atom. The Labute approximate surface area is 236 Å². The van der Waals surface area contributed by atoms with E-state index >= 15 is 0 Å². The zero-order chi connectivity index (χ0) is 28.2. The van der Waals surface area contributed by atoms with Crippen LogP contribution in [0.15, 0.2) is 97.2 Å². The Bertz CT molecular complexity index is 1880. The summed E-state index contributed by atoms with van der Waals surface area (Å²) in [5, 5.41) is 12.9. The van der Waals surface area contributed by atoms with Crippen LogP contribution in [0.4, 0.5) is 0 Å². The molecular weight excluding hydrogens is 490 g/mol. The van der Waals surface area contributed by atoms with Crippen molar-refractivity contribution in [1.29, 1.82) is 0 Å². The van der Waals surface area contributed by atoms with Crippen molar-refractivity contribution in [2.45, 2.75) is 52.4 Å². The molecule has 3 aromatic heterocycles. The Kier molecular flexibility index (Phi) is 6.03. The van der Waals surface area contributed by atoms with E-state index < -0.39 is 0 Å². The first-order valence-electron chi connectivity index (χ1n) is 13.8. The largest absolute Gasteiger partial charge is 0.507 e. The van der Waals surface area contributed by atoms with Crippen molar-refractivity contribution in [1.82, 2.24) is 14.5 Å². The number of nitrogens with zero attached hydrogens (tertiary/aromatic N) is 3. The summed E-state index contributed by atoms with van der Waals surface area (Å²) in [5.41, 5.74) is 7.97. The van der Waals surface area contributed by atoms with Crippen LogP contribution < -0.4 is 0 Å². The first-order valence-corrected chi connectivity index (χ1v) is 13.8. The molecular formula is C36H35N3O. The summed E-state index contributed by atoms with van der Waals surface area (Å²) in [6.07, 6.45) is 1.89. The van der Waals surface area contributed by atoms with Gasteiger partial charge in [0.05, 0.1) is 22.4 Å². The van der Waals surface area contributed by atoms with Crippen LogP contribution in [0.25, 0.3) is 50.1 Å². The summed E-state index contributed by atoms with van der Waals surface area (Å²) in [6.45, 7) is 13.4. The number of pyridine rings is 2. The normalized spacial score (nSPS) is 12.3. The topological polar surface area (TPSA) is 50.9 Å². The van der Waals surface area contributed by atoms with Gasteiger partial charge in [0.1, 0.15) is 11.6 Å². The van der Waals surface area contributed by atoms with Gasteiger partial charge in [0.25, 0.3) is 0 Å². The van der Waals surface area contributed by atoms with Crippen LogP contribution in [-0.2, 0) is 10.8 Å². The van der Waals surface area contributed by atoms with Crippen LogP contribution in [0.2, 0.25) is 0 Å². The summed E-state index contributed by atoms with van der Waals surface area (Å²) in [5.74, 6) is 1.12. The van der Waals surface area contributed by atoms with E-state index in [1.54, 1.807) is 6.07 Å². The van der Waals surface area contributed by atoms with Crippen molar-refractivity contribution in [3.8, 4) is 34.1 Å². The van der Waals surface area contributed by atoms with Crippen LogP contribution in [0.3, 0.4) is 0 Å². The van der Waals surface area contributed by atoms with E-state index in [1.807, 2.05) is 24.4 Å². The third-order valence-electron chi connectivity index (χ3n) is 7.68. The maximum Gasteiger partial charge on any atom is 0.138 e. The molecule has 4 nitrogen and oxygen atoms in total. The fourth-order valence-electron chi connectivity index (χ4n) is 5.33. The highest BCUT2D eigenvalue weighted by atomic mass is 16.3. The highest BCUT2D eigenvalue weighted by molar-refractivity contribution is 6.10. The van der Waals surface area contributed by atoms with Gasteiger partial charge in [-0.05, 0) is 70.0 Å². The van der Waals surface area contributed by atoms with Gasteiger partial charge < -0.3 is 5.11 Å². The van der Waals surface area contributed by atoms with Gasteiger partial charge in [-0.3, -0.25) is 9.55 Å². The number of phenols is 1. The second-order valence-corrected chi connectivity index (χ2v) is 12.6. The minimum Gasteiger partial charge on any atom is -0.507 e. The SMILES string of the molecule is CC(C)(C)c1ccnc(-c2cc(C(C)(C)C)cc(-n3c4ccccc4c4ccc(-c5ccccc5O)cc43)n2)c1. The second kappa shape index (κ2) is 9.34. The number of rotatable bonds is 3. The molecule has 6 rings (SSSR count). The van der Waals surface area contributed by atoms with Crippen molar-refractivity contribution in [2.24, 2.45) is 0 Å². The van der Waals surface area contributed by atoms with Crippen molar-refractivity contribution in [3.63, 3.8) is 0 Å². The summed E-state index contributed by atoms with van der Waals surface area (Å²) in [7, 11) is 0. The smallest absolute Gasteiger partial charge is 0.138 e. The third-order valence-corrected chi connectivity index (χ3v) is 7.68. The summed E-state index contributed by atoms with van der Waals surface area (Å²) in [4.78, 5) is 10.0. The molecule has 0 aliphatic rings. The maximum atomic E-state index is 10.6. The molecule has 0 aliphatic carbocycles. The molecule has 6 aromatic rings. The lowest BCUT2D eigenvalue weighted by molar-refractivity contribution is 0.477. The van der Waals surface area contributed by atoms with Gasteiger partial charge in [-0.25, -0.2) is 4.98 Å². The van der Waals surface area contributed by atoms with Gasteiger partial charge in [0.2, 0.25) is 0 Å². The van der Waals surface area contributed by atoms with E-state index in [9.17, 15) is 5.11 Å². The van der Waals surface area contributed by atoms with Gasteiger partial charge in [0.15, 0.2) is 0 Å². The molecule has 40 heavy (non-hydrogen) atoms. The van der Waals surface area contributed by atoms with Crippen molar-refractivity contribution >= 4 is 21.8 Å². The lowest BCUT2D eigenvalue weighted by Crippen LogP contribution is -2.14. The van der Waals surface area contributed by atoms with Crippen molar-refractivity contribution in [3.05, 3.63) is 108 Å². The molecule has 0 spiro atoms. The van der Waals surface area contributed by atoms with E-state index in [2.05, 4.69) is 113 Å². The molecule has 0 atom stereocenters. The highest BCUT2D eigenvalue weighted by Gasteiger charge is 2.22. The Hall–Kier alpha value is -4.44. The molecule has 3 heterocycles. The average molecular weight is 526 g/mol. The molecule has 3 aromatic carbocycles. The number of phenolic OH excluding ortho intramolecular Hbond substituents is 1. The highest BCUT2D eigenvalue weighted by Crippen LogP contribution is 2.38. The first kappa shape index (κ1) is 25.8. The average Bonchev–Trinajstić information content (AvgIpc) is 3.26. The Morgan fingerprint density at radius 2 is 1.30 bits per heavy atom.